The van der Waals surface area contributed by atoms with E-state index in [1.807, 2.05) is 7.05 Å². The van der Waals surface area contributed by atoms with E-state index in [-0.39, 0.29) is 0 Å². The molecule has 1 aliphatic heterocycles. The molecule has 1 aliphatic rings. The maximum atomic E-state index is 3.28. The van der Waals surface area contributed by atoms with Crippen molar-refractivity contribution in [1.29, 1.82) is 0 Å². The predicted molar refractivity (Wildman–Crippen MR) is 61.7 cm³/mol. The Balaban J connectivity index is 2.39. The second kappa shape index (κ2) is 5.69. The van der Waals surface area contributed by atoms with Crippen LogP contribution in [0.15, 0.2) is 0 Å². The average Bonchev–Trinajstić information content (AvgIpc) is 2.63. The molecule has 1 saturated heterocycles. The van der Waals surface area contributed by atoms with Crippen molar-refractivity contribution < 1.29 is 0 Å². The molecule has 0 bridgehead atoms. The summed E-state index contributed by atoms with van der Waals surface area (Å²) >= 11 is 0. The van der Waals surface area contributed by atoms with Crippen LogP contribution in [0.2, 0.25) is 0 Å². The summed E-state index contributed by atoms with van der Waals surface area (Å²) in [5.74, 6) is 0. The summed E-state index contributed by atoms with van der Waals surface area (Å²) in [6, 6.07) is 1.49. The second-order valence-corrected chi connectivity index (χ2v) is 4.52. The molecule has 3 heteroatoms. The first-order chi connectivity index (χ1) is 6.69. The standard InChI is InChI=1S/C11H25N3/c1-5-10(8-12-2)14-7-6-11(9-14)13(3)4/h10-12H,5-9H2,1-4H3. The smallest absolute Gasteiger partial charge is 0.0229 e. The third-order valence-electron chi connectivity index (χ3n) is 3.35. The van der Waals surface area contributed by atoms with Crippen LogP contribution in [0.3, 0.4) is 0 Å². The molecule has 0 saturated carbocycles. The Morgan fingerprint density at radius 1 is 1.50 bits per heavy atom. The summed E-state index contributed by atoms with van der Waals surface area (Å²) in [5, 5.41) is 3.28. The zero-order valence-electron chi connectivity index (χ0n) is 10.1. The van der Waals surface area contributed by atoms with Crippen molar-refractivity contribution in [1.82, 2.24) is 15.1 Å². The fourth-order valence-electron chi connectivity index (χ4n) is 2.29. The molecular weight excluding hydrogens is 174 g/mol. The van der Waals surface area contributed by atoms with Crippen molar-refractivity contribution in [3.63, 3.8) is 0 Å². The molecular formula is C11H25N3. The molecule has 84 valence electrons. The minimum absolute atomic E-state index is 0.727. The number of likely N-dealkylation sites (tertiary alicyclic amines) is 1. The van der Waals surface area contributed by atoms with Crippen molar-refractivity contribution in [2.24, 2.45) is 0 Å². The van der Waals surface area contributed by atoms with Crippen LogP contribution in [0.1, 0.15) is 19.8 Å². The highest BCUT2D eigenvalue weighted by molar-refractivity contribution is 4.85. The zero-order valence-corrected chi connectivity index (χ0v) is 10.1. The predicted octanol–water partition coefficient (Wildman–Crippen LogP) is 0.620. The van der Waals surface area contributed by atoms with Crippen molar-refractivity contribution in [3.8, 4) is 0 Å². The van der Waals surface area contributed by atoms with Gasteiger partial charge in [-0.15, -0.1) is 0 Å². The molecule has 1 fully saturated rings. The van der Waals surface area contributed by atoms with E-state index in [0.29, 0.717) is 0 Å². The molecule has 1 rings (SSSR count). The highest BCUT2D eigenvalue weighted by Gasteiger charge is 2.27. The summed E-state index contributed by atoms with van der Waals surface area (Å²) in [4.78, 5) is 4.98. The minimum atomic E-state index is 0.727. The number of hydrogen-bond donors (Lipinski definition) is 1. The van der Waals surface area contributed by atoms with Gasteiger partial charge in [0.15, 0.2) is 0 Å². The average molecular weight is 199 g/mol. The van der Waals surface area contributed by atoms with Gasteiger partial charge in [-0.25, -0.2) is 0 Å². The molecule has 0 aromatic heterocycles. The minimum Gasteiger partial charge on any atom is -0.318 e. The summed E-state index contributed by atoms with van der Waals surface area (Å²) < 4.78 is 0. The van der Waals surface area contributed by atoms with E-state index < -0.39 is 0 Å². The maximum Gasteiger partial charge on any atom is 0.0229 e. The quantitative estimate of drug-likeness (QED) is 0.700. The van der Waals surface area contributed by atoms with E-state index in [1.54, 1.807) is 0 Å². The summed E-state index contributed by atoms with van der Waals surface area (Å²) in [7, 11) is 6.42. The largest absolute Gasteiger partial charge is 0.318 e. The first-order valence-corrected chi connectivity index (χ1v) is 5.74. The lowest BCUT2D eigenvalue weighted by molar-refractivity contribution is 0.208. The zero-order chi connectivity index (χ0) is 10.6. The van der Waals surface area contributed by atoms with Crippen molar-refractivity contribution in [3.05, 3.63) is 0 Å². The van der Waals surface area contributed by atoms with Gasteiger partial charge < -0.3 is 10.2 Å². The highest BCUT2D eigenvalue weighted by Crippen LogP contribution is 2.17. The van der Waals surface area contributed by atoms with E-state index in [0.717, 1.165) is 18.6 Å². The first kappa shape index (κ1) is 12.0. The molecule has 0 aromatic carbocycles. The highest BCUT2D eigenvalue weighted by atomic mass is 15.3. The topological polar surface area (TPSA) is 18.5 Å². The molecule has 3 nitrogen and oxygen atoms in total. The molecule has 0 amide bonds. The lowest BCUT2D eigenvalue weighted by Crippen LogP contribution is -2.41. The van der Waals surface area contributed by atoms with E-state index in [1.165, 1.54) is 25.9 Å². The lowest BCUT2D eigenvalue weighted by Gasteiger charge is -2.27. The van der Waals surface area contributed by atoms with Crippen LogP contribution in [0, 0.1) is 0 Å². The Labute approximate surface area is 88.5 Å². The van der Waals surface area contributed by atoms with Gasteiger partial charge in [-0.05, 0) is 34.0 Å². The normalized spacial score (nSPS) is 25.9. The maximum absolute atomic E-state index is 3.28. The Bertz CT molecular complexity index is 159. The summed E-state index contributed by atoms with van der Waals surface area (Å²) in [6.07, 6.45) is 2.58. The van der Waals surface area contributed by atoms with Gasteiger partial charge >= 0.3 is 0 Å². The SMILES string of the molecule is CCC(CNC)N1CCC(N(C)C)C1. The molecule has 14 heavy (non-hydrogen) atoms. The fourth-order valence-corrected chi connectivity index (χ4v) is 2.29. The third kappa shape index (κ3) is 2.94. The van der Waals surface area contributed by atoms with Gasteiger partial charge in [0.25, 0.3) is 0 Å². The van der Waals surface area contributed by atoms with Crippen LogP contribution in [0.5, 0.6) is 0 Å². The van der Waals surface area contributed by atoms with Gasteiger partial charge in [0.05, 0.1) is 0 Å². The summed E-state index contributed by atoms with van der Waals surface area (Å²) in [6.45, 7) is 5.91. The number of hydrogen-bond acceptors (Lipinski definition) is 3. The number of likely N-dealkylation sites (N-methyl/N-ethyl adjacent to an activating group) is 2. The van der Waals surface area contributed by atoms with Crippen LogP contribution in [0.25, 0.3) is 0 Å². The van der Waals surface area contributed by atoms with Gasteiger partial charge in [0.2, 0.25) is 0 Å². The number of nitrogens with zero attached hydrogens (tertiary/aromatic N) is 2. The van der Waals surface area contributed by atoms with Gasteiger partial charge in [-0.1, -0.05) is 6.92 Å². The van der Waals surface area contributed by atoms with Crippen molar-refractivity contribution in [2.75, 3.05) is 40.8 Å². The fraction of sp³-hybridized carbons (Fsp3) is 1.00. The number of nitrogens with one attached hydrogen (secondary N) is 1. The van der Waals surface area contributed by atoms with E-state index in [9.17, 15) is 0 Å². The van der Waals surface area contributed by atoms with Crippen LogP contribution in [0.4, 0.5) is 0 Å². The van der Waals surface area contributed by atoms with Gasteiger partial charge in [-0.3, -0.25) is 4.90 Å². The number of rotatable bonds is 5. The van der Waals surface area contributed by atoms with Crippen LogP contribution in [-0.4, -0.2) is 62.7 Å². The lowest BCUT2D eigenvalue weighted by atomic mass is 10.2. The van der Waals surface area contributed by atoms with Crippen LogP contribution in [-0.2, 0) is 0 Å². The Hall–Kier alpha value is -0.120. The third-order valence-corrected chi connectivity index (χ3v) is 3.35. The Morgan fingerprint density at radius 3 is 2.64 bits per heavy atom. The molecule has 0 aromatic rings. The van der Waals surface area contributed by atoms with Crippen LogP contribution < -0.4 is 5.32 Å². The Morgan fingerprint density at radius 2 is 2.21 bits per heavy atom. The van der Waals surface area contributed by atoms with E-state index >= 15 is 0 Å². The molecule has 0 spiro atoms. The first-order valence-electron chi connectivity index (χ1n) is 5.74. The van der Waals surface area contributed by atoms with E-state index in [4.69, 9.17) is 0 Å². The van der Waals surface area contributed by atoms with Crippen LogP contribution >= 0.6 is 0 Å². The van der Waals surface area contributed by atoms with Crippen molar-refractivity contribution >= 4 is 0 Å². The van der Waals surface area contributed by atoms with Crippen molar-refractivity contribution in [2.45, 2.75) is 31.8 Å². The Kier molecular flexibility index (Phi) is 4.85. The molecule has 0 aliphatic carbocycles. The molecule has 0 radical (unpaired) electrons. The monoisotopic (exact) mass is 199 g/mol. The van der Waals surface area contributed by atoms with Gasteiger partial charge in [0, 0.05) is 31.7 Å². The molecule has 2 atom stereocenters. The summed E-state index contributed by atoms with van der Waals surface area (Å²) in [5.41, 5.74) is 0. The van der Waals surface area contributed by atoms with Gasteiger partial charge in [0.1, 0.15) is 0 Å². The molecule has 1 N–H and O–H groups in total. The molecule has 1 heterocycles. The second-order valence-electron chi connectivity index (χ2n) is 4.52. The molecule has 2 unspecified atom stereocenters. The van der Waals surface area contributed by atoms with E-state index in [2.05, 4.69) is 36.1 Å². The van der Waals surface area contributed by atoms with Gasteiger partial charge in [-0.2, -0.15) is 0 Å².